The number of hydrogen-bond donors (Lipinski definition) is 3. The van der Waals surface area contributed by atoms with Gasteiger partial charge in [0, 0.05) is 17.1 Å². The van der Waals surface area contributed by atoms with Gasteiger partial charge in [-0.2, -0.15) is 18.2 Å². The summed E-state index contributed by atoms with van der Waals surface area (Å²) in [4.78, 5) is 30.0. The van der Waals surface area contributed by atoms with E-state index < -0.39 is 12.5 Å². The summed E-state index contributed by atoms with van der Waals surface area (Å²) in [6.07, 6.45) is 0.290. The Morgan fingerprint density at radius 1 is 1.08 bits per heavy atom. The van der Waals surface area contributed by atoms with Crippen LogP contribution < -0.4 is 16.0 Å². The quantitative estimate of drug-likeness (QED) is 0.261. The molecule has 1 aliphatic heterocycles. The lowest BCUT2D eigenvalue weighted by Gasteiger charge is -2.14. The van der Waals surface area contributed by atoms with Crippen LogP contribution in [-0.4, -0.2) is 28.3 Å². The van der Waals surface area contributed by atoms with Crippen molar-refractivity contribution >= 4 is 52.6 Å². The lowest BCUT2D eigenvalue weighted by molar-refractivity contribution is -0.156. The van der Waals surface area contributed by atoms with E-state index in [-0.39, 0.29) is 5.91 Å². The van der Waals surface area contributed by atoms with E-state index in [4.69, 9.17) is 20.8 Å². The number of alkyl halides is 3. The number of aromatic nitrogens is 2. The number of benzene rings is 2. The third-order valence-electron chi connectivity index (χ3n) is 5.14. The van der Waals surface area contributed by atoms with Gasteiger partial charge in [0.15, 0.2) is 5.82 Å². The molecule has 0 aliphatic carbocycles. The molecule has 5 rings (SSSR count). The molecule has 3 N–H and O–H groups in total. The molecule has 190 valence electrons. The SMILES string of the molecule is O=C(Nc1ccc2cc1CCc1cccc(c1)Nc1ncc(Cl)c(n1)N2)c1ccoc1.O=CC(F)(F)F. The van der Waals surface area contributed by atoms with E-state index in [0.29, 0.717) is 22.4 Å². The molecule has 0 saturated carbocycles. The zero-order chi connectivity index (χ0) is 26.4. The van der Waals surface area contributed by atoms with E-state index in [0.717, 1.165) is 41.0 Å². The Hall–Kier alpha value is -4.38. The topological polar surface area (TPSA) is 109 Å². The van der Waals surface area contributed by atoms with Crippen LogP contribution in [0.25, 0.3) is 0 Å². The van der Waals surface area contributed by atoms with Crippen molar-refractivity contribution in [2.24, 2.45) is 0 Å². The fraction of sp³-hybridized carbons (Fsp3) is 0.120. The van der Waals surface area contributed by atoms with Crippen molar-refractivity contribution in [2.45, 2.75) is 19.0 Å². The number of furan rings is 1. The monoisotopic (exact) mass is 529 g/mol. The van der Waals surface area contributed by atoms with E-state index in [1.165, 1.54) is 12.5 Å². The summed E-state index contributed by atoms with van der Waals surface area (Å²) in [5.41, 5.74) is 5.07. The van der Waals surface area contributed by atoms with Crippen LogP contribution in [0.2, 0.25) is 5.02 Å². The van der Waals surface area contributed by atoms with Crippen LogP contribution in [0, 0.1) is 0 Å². The number of aldehydes is 1. The van der Waals surface area contributed by atoms with Gasteiger partial charge in [-0.1, -0.05) is 23.7 Å². The predicted octanol–water partition coefficient (Wildman–Crippen LogP) is 6.31. The van der Waals surface area contributed by atoms with Gasteiger partial charge >= 0.3 is 6.18 Å². The van der Waals surface area contributed by atoms with Gasteiger partial charge in [-0.15, -0.1) is 0 Å². The molecule has 0 unspecified atom stereocenters. The number of aryl methyl sites for hydroxylation is 2. The van der Waals surface area contributed by atoms with Crippen molar-refractivity contribution in [3.05, 3.63) is 89.0 Å². The molecule has 6 bridgehead atoms. The molecule has 0 fully saturated rings. The normalized spacial score (nSPS) is 12.2. The smallest absolute Gasteiger partial charge is 0.446 e. The van der Waals surface area contributed by atoms with Crippen LogP contribution in [0.1, 0.15) is 21.5 Å². The number of rotatable bonds is 2. The molecule has 8 nitrogen and oxygen atoms in total. The number of fused-ring (bicyclic) bond motifs is 6. The van der Waals surface area contributed by atoms with Crippen molar-refractivity contribution < 1.29 is 27.2 Å². The summed E-state index contributed by atoms with van der Waals surface area (Å²) in [6, 6.07) is 15.5. The molecule has 0 saturated heterocycles. The third-order valence-corrected chi connectivity index (χ3v) is 5.42. The second-order valence-electron chi connectivity index (χ2n) is 7.84. The highest BCUT2D eigenvalue weighted by molar-refractivity contribution is 6.32. The van der Waals surface area contributed by atoms with Crippen molar-refractivity contribution in [1.82, 2.24) is 9.97 Å². The molecule has 1 aliphatic rings. The molecule has 2 aromatic heterocycles. The maximum atomic E-state index is 12.5. The summed E-state index contributed by atoms with van der Waals surface area (Å²) >= 11 is 6.31. The molecule has 37 heavy (non-hydrogen) atoms. The summed E-state index contributed by atoms with van der Waals surface area (Å²) in [7, 11) is 0. The molecule has 12 heteroatoms. The Kier molecular flexibility index (Phi) is 7.73. The Bertz CT molecular complexity index is 1410. The van der Waals surface area contributed by atoms with Gasteiger partial charge < -0.3 is 20.4 Å². The van der Waals surface area contributed by atoms with Gasteiger partial charge in [-0.25, -0.2) is 4.98 Å². The number of carbonyl (C=O) groups excluding carboxylic acids is 2. The molecule has 2 aromatic carbocycles. The number of amides is 1. The highest BCUT2D eigenvalue weighted by Gasteiger charge is 2.25. The molecule has 1 amide bonds. The zero-order valence-electron chi connectivity index (χ0n) is 19.0. The van der Waals surface area contributed by atoms with E-state index >= 15 is 0 Å². The highest BCUT2D eigenvalue weighted by Crippen LogP contribution is 2.29. The number of carbonyl (C=O) groups is 2. The number of nitrogens with one attached hydrogen (secondary N) is 3. The van der Waals surface area contributed by atoms with Gasteiger partial charge in [0.25, 0.3) is 5.91 Å². The Morgan fingerprint density at radius 3 is 2.59 bits per heavy atom. The van der Waals surface area contributed by atoms with Crippen LogP contribution in [0.5, 0.6) is 0 Å². The molecular formula is C25H19ClF3N5O3. The van der Waals surface area contributed by atoms with E-state index in [1.807, 2.05) is 30.3 Å². The van der Waals surface area contributed by atoms with Crippen LogP contribution in [-0.2, 0) is 17.6 Å². The molecule has 0 spiro atoms. The molecule has 0 radical (unpaired) electrons. The van der Waals surface area contributed by atoms with Crippen LogP contribution in [0.3, 0.4) is 0 Å². The van der Waals surface area contributed by atoms with Crippen molar-refractivity contribution in [2.75, 3.05) is 16.0 Å². The van der Waals surface area contributed by atoms with Gasteiger partial charge in [-0.05, 0) is 60.4 Å². The first kappa shape index (κ1) is 25.7. The molecular weight excluding hydrogens is 511 g/mol. The minimum absolute atomic E-state index is 0.219. The largest absolute Gasteiger partial charge is 0.472 e. The van der Waals surface area contributed by atoms with Gasteiger partial charge in [0.05, 0.1) is 18.0 Å². The zero-order valence-corrected chi connectivity index (χ0v) is 19.7. The van der Waals surface area contributed by atoms with Crippen molar-refractivity contribution in [1.29, 1.82) is 0 Å². The van der Waals surface area contributed by atoms with Crippen molar-refractivity contribution in [3.8, 4) is 0 Å². The molecule has 3 heterocycles. The van der Waals surface area contributed by atoms with E-state index in [2.05, 4.69) is 38.1 Å². The lowest BCUT2D eigenvalue weighted by Crippen LogP contribution is -2.13. The average Bonchev–Trinajstić information content (AvgIpc) is 3.41. The number of hydrogen-bond acceptors (Lipinski definition) is 7. The number of anilines is 5. The summed E-state index contributed by atoms with van der Waals surface area (Å²) in [5.74, 6) is 0.728. The van der Waals surface area contributed by atoms with Crippen LogP contribution in [0.15, 0.2) is 71.7 Å². The first-order valence-electron chi connectivity index (χ1n) is 10.9. The van der Waals surface area contributed by atoms with Crippen LogP contribution in [0.4, 0.5) is 42.0 Å². The minimum atomic E-state index is -4.64. The van der Waals surface area contributed by atoms with Gasteiger partial charge in [0.1, 0.15) is 11.3 Å². The summed E-state index contributed by atoms with van der Waals surface area (Å²) in [5, 5.41) is 9.87. The second kappa shape index (κ2) is 11.1. The Balaban J connectivity index is 0.000000480. The molecule has 0 atom stereocenters. The fourth-order valence-electron chi connectivity index (χ4n) is 3.45. The first-order chi connectivity index (χ1) is 17.7. The fourth-order valence-corrected chi connectivity index (χ4v) is 3.59. The molecule has 4 aromatic rings. The lowest BCUT2D eigenvalue weighted by atomic mass is 10.0. The van der Waals surface area contributed by atoms with E-state index in [1.54, 1.807) is 12.3 Å². The second-order valence-corrected chi connectivity index (χ2v) is 8.25. The van der Waals surface area contributed by atoms with Crippen molar-refractivity contribution in [3.63, 3.8) is 0 Å². The Morgan fingerprint density at radius 2 is 1.86 bits per heavy atom. The third kappa shape index (κ3) is 7.07. The Labute approximate surface area is 213 Å². The summed E-state index contributed by atoms with van der Waals surface area (Å²) < 4.78 is 36.3. The number of nitrogens with zero attached hydrogens (tertiary/aromatic N) is 2. The summed E-state index contributed by atoms with van der Waals surface area (Å²) in [6.45, 7) is 0. The van der Waals surface area contributed by atoms with E-state index in [9.17, 15) is 18.0 Å². The predicted molar refractivity (Wildman–Crippen MR) is 133 cm³/mol. The number of halogens is 4. The average molecular weight is 530 g/mol. The van der Waals surface area contributed by atoms with Crippen LogP contribution >= 0.6 is 11.6 Å². The van der Waals surface area contributed by atoms with Gasteiger partial charge in [0.2, 0.25) is 12.2 Å². The maximum absolute atomic E-state index is 12.5. The minimum Gasteiger partial charge on any atom is -0.472 e. The highest BCUT2D eigenvalue weighted by atomic mass is 35.5. The van der Waals surface area contributed by atoms with Gasteiger partial charge in [-0.3, -0.25) is 9.59 Å². The maximum Gasteiger partial charge on any atom is 0.446 e. The first-order valence-corrected chi connectivity index (χ1v) is 11.2. The standard InChI is InChI=1S/C23H18ClN5O2.C2HF3O/c24-19-12-25-23-27-17-3-1-2-14(10-17)4-5-15-11-18(26-21(19)29-23)6-7-20(15)28-22(30)16-8-9-31-13-16;3-2(4,5)1-6/h1-3,6-13H,4-5H2,(H,28,30)(H2,25,26,27,29);1H.